The highest BCUT2D eigenvalue weighted by Gasteiger charge is 2.13. The highest BCUT2D eigenvalue weighted by atomic mass is 16.3. The van der Waals surface area contributed by atoms with E-state index in [9.17, 15) is 4.79 Å². The highest BCUT2D eigenvalue weighted by Crippen LogP contribution is 2.05. The number of nitrogens with one attached hydrogen (secondary N) is 1. The largest absolute Gasteiger partial charge is 0.396 e. The molecule has 0 atom stereocenters. The molecule has 7 heteroatoms. The second-order valence-corrected chi connectivity index (χ2v) is 5.04. The minimum atomic E-state index is -0.267. The number of amides is 2. The van der Waals surface area contributed by atoms with Crippen LogP contribution in [0.2, 0.25) is 0 Å². The van der Waals surface area contributed by atoms with Gasteiger partial charge in [-0.3, -0.25) is 10.00 Å². The van der Waals surface area contributed by atoms with Crippen molar-refractivity contribution >= 4 is 17.9 Å². The molecule has 0 aliphatic rings. The second kappa shape index (κ2) is 8.70. The van der Waals surface area contributed by atoms with E-state index in [1.54, 1.807) is 18.1 Å². The van der Waals surface area contributed by atoms with Gasteiger partial charge >= 0.3 is 6.03 Å². The van der Waals surface area contributed by atoms with E-state index in [1.165, 1.54) is 4.68 Å². The molecule has 1 aromatic carbocycles. The van der Waals surface area contributed by atoms with Crippen molar-refractivity contribution in [2.45, 2.75) is 6.42 Å². The van der Waals surface area contributed by atoms with E-state index in [1.807, 2.05) is 42.5 Å². The Morgan fingerprint density at radius 1 is 1.39 bits per heavy atom. The van der Waals surface area contributed by atoms with Gasteiger partial charge in [0.05, 0.1) is 6.20 Å². The summed E-state index contributed by atoms with van der Waals surface area (Å²) in [6.45, 7) is 0.944. The van der Waals surface area contributed by atoms with Crippen LogP contribution in [0.15, 0.2) is 42.6 Å². The van der Waals surface area contributed by atoms with E-state index in [4.69, 9.17) is 5.11 Å². The Balaban J connectivity index is 1.95. The van der Waals surface area contributed by atoms with Crippen molar-refractivity contribution in [1.29, 1.82) is 0 Å². The van der Waals surface area contributed by atoms with E-state index in [-0.39, 0.29) is 12.6 Å². The molecule has 0 bridgehead atoms. The minimum absolute atomic E-state index is 0.0390. The van der Waals surface area contributed by atoms with E-state index in [0.29, 0.717) is 25.3 Å². The molecule has 0 radical (unpaired) electrons. The number of aryl methyl sites for hydroxylation is 1. The number of carbonyl (C=O) groups is 1. The predicted octanol–water partition coefficient (Wildman–Crippen LogP) is 1.74. The quantitative estimate of drug-likeness (QED) is 0.815. The molecule has 2 N–H and O–H groups in total. The fourth-order valence-corrected chi connectivity index (χ4v) is 2.01. The van der Waals surface area contributed by atoms with Crippen molar-refractivity contribution in [3.63, 3.8) is 0 Å². The molecule has 0 saturated heterocycles. The van der Waals surface area contributed by atoms with Gasteiger partial charge in [-0.15, -0.1) is 5.10 Å². The van der Waals surface area contributed by atoms with Gasteiger partial charge in [-0.1, -0.05) is 47.7 Å². The number of rotatable bonds is 7. The Bertz CT molecular complexity index is 639. The lowest BCUT2D eigenvalue weighted by atomic mass is 10.2. The first-order valence-corrected chi connectivity index (χ1v) is 7.44. The normalized spacial score (nSPS) is 10.9. The SMILES string of the molecule is Cn1cc(NC(=O)N(C/C=C/c2ccccc2)CCCO)nn1. The van der Waals surface area contributed by atoms with Gasteiger partial charge in [0.1, 0.15) is 0 Å². The average Bonchev–Trinajstić information content (AvgIpc) is 2.96. The molecular weight excluding hydrogens is 294 g/mol. The minimum Gasteiger partial charge on any atom is -0.396 e. The number of urea groups is 1. The lowest BCUT2D eigenvalue weighted by Gasteiger charge is -2.20. The van der Waals surface area contributed by atoms with Crippen LogP contribution in [-0.2, 0) is 7.05 Å². The molecule has 23 heavy (non-hydrogen) atoms. The van der Waals surface area contributed by atoms with Crippen LogP contribution in [0.5, 0.6) is 0 Å². The summed E-state index contributed by atoms with van der Waals surface area (Å²) in [4.78, 5) is 13.9. The number of hydrogen-bond donors (Lipinski definition) is 2. The van der Waals surface area contributed by atoms with Gasteiger partial charge in [0.25, 0.3) is 0 Å². The van der Waals surface area contributed by atoms with Crippen molar-refractivity contribution in [3.8, 4) is 0 Å². The van der Waals surface area contributed by atoms with Crippen molar-refractivity contribution in [2.24, 2.45) is 7.05 Å². The summed E-state index contributed by atoms with van der Waals surface area (Å²) >= 11 is 0. The van der Waals surface area contributed by atoms with Crippen molar-refractivity contribution < 1.29 is 9.90 Å². The van der Waals surface area contributed by atoms with E-state index in [2.05, 4.69) is 15.6 Å². The average molecular weight is 315 g/mol. The molecule has 0 aliphatic heterocycles. The zero-order chi connectivity index (χ0) is 16.5. The third kappa shape index (κ3) is 5.55. The van der Waals surface area contributed by atoms with Gasteiger partial charge in [0.15, 0.2) is 5.82 Å². The number of aliphatic hydroxyl groups is 1. The zero-order valence-electron chi connectivity index (χ0n) is 13.1. The predicted molar refractivity (Wildman–Crippen MR) is 88.8 cm³/mol. The number of benzene rings is 1. The van der Waals surface area contributed by atoms with Crippen LogP contribution in [0.3, 0.4) is 0 Å². The molecule has 2 rings (SSSR count). The molecule has 0 fully saturated rings. The number of aliphatic hydroxyl groups excluding tert-OH is 1. The number of aromatic nitrogens is 3. The summed E-state index contributed by atoms with van der Waals surface area (Å²) in [5, 5.41) is 19.3. The lowest BCUT2D eigenvalue weighted by Crippen LogP contribution is -2.36. The summed E-state index contributed by atoms with van der Waals surface area (Å²) in [5.74, 6) is 0.401. The van der Waals surface area contributed by atoms with Crippen LogP contribution in [-0.4, -0.2) is 50.7 Å². The smallest absolute Gasteiger partial charge is 0.323 e. The summed E-state index contributed by atoms with van der Waals surface area (Å²) < 4.78 is 1.52. The highest BCUT2D eigenvalue weighted by molar-refractivity contribution is 5.88. The Kier molecular flexibility index (Phi) is 6.31. The Morgan fingerprint density at radius 3 is 2.83 bits per heavy atom. The number of hydrogen-bond acceptors (Lipinski definition) is 4. The van der Waals surface area contributed by atoms with Gasteiger partial charge < -0.3 is 10.0 Å². The Morgan fingerprint density at radius 2 is 2.17 bits per heavy atom. The molecule has 0 unspecified atom stereocenters. The Hall–Kier alpha value is -2.67. The molecule has 7 nitrogen and oxygen atoms in total. The summed E-state index contributed by atoms with van der Waals surface area (Å²) in [6.07, 6.45) is 6.03. The maximum atomic E-state index is 12.3. The topological polar surface area (TPSA) is 83.3 Å². The first-order chi connectivity index (χ1) is 11.2. The Labute approximate surface area is 135 Å². The number of anilines is 1. The van der Waals surface area contributed by atoms with Crippen molar-refractivity contribution in [3.05, 3.63) is 48.2 Å². The first kappa shape index (κ1) is 16.7. The van der Waals surface area contributed by atoms with Gasteiger partial charge in [0, 0.05) is 26.7 Å². The zero-order valence-corrected chi connectivity index (χ0v) is 13.1. The molecule has 0 saturated carbocycles. The molecule has 2 amide bonds. The van der Waals surface area contributed by atoms with Crippen LogP contribution in [0.25, 0.3) is 6.08 Å². The molecule has 2 aromatic rings. The van der Waals surface area contributed by atoms with Crippen LogP contribution in [0, 0.1) is 0 Å². The number of carbonyl (C=O) groups excluding carboxylic acids is 1. The maximum absolute atomic E-state index is 12.3. The van der Waals surface area contributed by atoms with Crippen LogP contribution >= 0.6 is 0 Å². The van der Waals surface area contributed by atoms with Crippen LogP contribution in [0.4, 0.5) is 10.6 Å². The fourth-order valence-electron chi connectivity index (χ4n) is 2.01. The second-order valence-electron chi connectivity index (χ2n) is 5.04. The molecule has 0 spiro atoms. The van der Waals surface area contributed by atoms with Gasteiger partial charge in [-0.2, -0.15) is 0 Å². The van der Waals surface area contributed by atoms with Gasteiger partial charge in [-0.05, 0) is 12.0 Å². The van der Waals surface area contributed by atoms with Crippen molar-refractivity contribution in [1.82, 2.24) is 19.9 Å². The van der Waals surface area contributed by atoms with E-state index in [0.717, 1.165) is 5.56 Å². The molecular formula is C16H21N5O2. The van der Waals surface area contributed by atoms with Crippen LogP contribution in [0.1, 0.15) is 12.0 Å². The first-order valence-electron chi connectivity index (χ1n) is 7.44. The summed E-state index contributed by atoms with van der Waals surface area (Å²) in [5.41, 5.74) is 1.07. The molecule has 1 heterocycles. The summed E-state index contributed by atoms with van der Waals surface area (Å²) in [6, 6.07) is 9.60. The number of nitrogens with zero attached hydrogens (tertiary/aromatic N) is 4. The third-order valence-corrected chi connectivity index (χ3v) is 3.15. The van der Waals surface area contributed by atoms with Gasteiger partial charge in [-0.25, -0.2) is 4.79 Å². The summed E-state index contributed by atoms with van der Waals surface area (Å²) in [7, 11) is 1.73. The van der Waals surface area contributed by atoms with Gasteiger partial charge in [0.2, 0.25) is 0 Å². The lowest BCUT2D eigenvalue weighted by molar-refractivity contribution is 0.208. The van der Waals surface area contributed by atoms with E-state index >= 15 is 0 Å². The fraction of sp³-hybridized carbons (Fsp3) is 0.312. The standard InChI is InChI=1S/C16H21N5O2/c1-20-13-15(18-19-20)17-16(23)21(11-6-12-22)10-5-9-14-7-3-2-4-8-14/h2-5,7-9,13,22H,6,10-12H2,1H3,(H,17,23)/b9-5+. The van der Waals surface area contributed by atoms with Crippen LogP contribution < -0.4 is 5.32 Å². The monoisotopic (exact) mass is 315 g/mol. The maximum Gasteiger partial charge on any atom is 0.323 e. The van der Waals surface area contributed by atoms with E-state index < -0.39 is 0 Å². The molecule has 1 aromatic heterocycles. The van der Waals surface area contributed by atoms with Crippen molar-refractivity contribution in [2.75, 3.05) is 25.0 Å². The molecule has 122 valence electrons. The molecule has 0 aliphatic carbocycles. The third-order valence-electron chi connectivity index (χ3n) is 3.15.